The third-order valence-corrected chi connectivity index (χ3v) is 13.0. The molecule has 8 aromatic carbocycles. The number of hydrogen-bond donors (Lipinski definition) is 0. The van der Waals surface area contributed by atoms with Gasteiger partial charge in [-0.1, -0.05) is 156 Å². The number of aromatic nitrogens is 2. The van der Waals surface area contributed by atoms with Crippen molar-refractivity contribution in [3.05, 3.63) is 200 Å². The number of furan rings is 1. The minimum atomic E-state index is -0.1000. The molecule has 0 aliphatic carbocycles. The van der Waals surface area contributed by atoms with Gasteiger partial charge in [0.05, 0.1) is 10.9 Å². The molecule has 0 N–H and O–H groups in total. The fourth-order valence-corrected chi connectivity index (χ4v) is 9.60. The fraction of sp³-hybridized carbons (Fsp3) is 0.133. The maximum atomic E-state index is 7.05. The van der Waals surface area contributed by atoms with Crippen molar-refractivity contribution in [2.75, 3.05) is 9.80 Å². The molecule has 1 aliphatic rings. The Hall–Kier alpha value is -7.14. The Morgan fingerprint density at radius 1 is 0.537 bits per heavy atom. The summed E-state index contributed by atoms with van der Waals surface area (Å²) in [6.45, 7) is 15.6. The molecule has 1 aliphatic heterocycles. The van der Waals surface area contributed by atoms with Gasteiger partial charge in [-0.25, -0.2) is 4.98 Å². The Morgan fingerprint density at radius 3 is 1.94 bits per heavy atom. The van der Waals surface area contributed by atoms with Gasteiger partial charge >= 0.3 is 0 Å². The number of benzene rings is 8. The van der Waals surface area contributed by atoms with Gasteiger partial charge in [0.2, 0.25) is 0 Å². The molecule has 12 rings (SSSR count). The second kappa shape index (κ2) is 16.0. The van der Waals surface area contributed by atoms with Gasteiger partial charge in [-0.2, -0.15) is 6.07 Å². The van der Waals surface area contributed by atoms with Gasteiger partial charge in [0, 0.05) is 61.2 Å². The topological polar surface area (TPSA) is 46.7 Å². The molecule has 6 nitrogen and oxygen atoms in total. The zero-order valence-electron chi connectivity index (χ0n) is 38.2. The number of nitrogens with zero attached hydrogens (tertiary/aromatic N) is 4. The SMILES string of the molecule is CC(C)(C)c1cccc(N2[CH-]N(c3[c-]c(Oc4[c-]c5c(cc4)c4oc6c7ccccc7c7ccccc7c6c4n5-c4cc(C(C)(C)C)ccn4)cc(-c4ccccc4)c3)c3ccccc32)c1.[Pt]. The number of hydrogen-bond acceptors (Lipinski definition) is 5. The Kier molecular flexibility index (Phi) is 10.2. The van der Waals surface area contributed by atoms with Crippen LogP contribution in [0.4, 0.5) is 22.7 Å². The molecule has 332 valence electrons. The van der Waals surface area contributed by atoms with Crippen molar-refractivity contribution in [3.8, 4) is 28.4 Å². The molecule has 67 heavy (non-hydrogen) atoms. The molecule has 3 aromatic heterocycles. The number of rotatable bonds is 6. The summed E-state index contributed by atoms with van der Waals surface area (Å²) < 4.78 is 16.2. The van der Waals surface area contributed by atoms with Crippen molar-refractivity contribution >= 4 is 77.3 Å². The van der Waals surface area contributed by atoms with E-state index in [1.54, 1.807) is 0 Å². The van der Waals surface area contributed by atoms with Crippen LogP contribution in [0, 0.1) is 18.8 Å². The van der Waals surface area contributed by atoms with E-state index < -0.39 is 0 Å². The van der Waals surface area contributed by atoms with Gasteiger partial charge in [0.1, 0.15) is 17.0 Å². The van der Waals surface area contributed by atoms with Gasteiger partial charge in [-0.3, -0.25) is 0 Å². The van der Waals surface area contributed by atoms with E-state index in [9.17, 15) is 0 Å². The number of fused-ring (bicyclic) bond motifs is 11. The summed E-state index contributed by atoms with van der Waals surface area (Å²) in [6.07, 6.45) is 1.91. The zero-order valence-corrected chi connectivity index (χ0v) is 40.4. The van der Waals surface area contributed by atoms with Crippen LogP contribution in [0.1, 0.15) is 52.7 Å². The molecule has 0 radical (unpaired) electrons. The summed E-state index contributed by atoms with van der Waals surface area (Å²) in [4.78, 5) is 9.51. The standard InChI is InChI=1S/C60H47N4O2.Pt/c1-59(2,3)40-19-16-20-42(33-40)62-37-63(52-26-15-14-25-51(52)62)43-31-39(38-17-8-7-9-18-38)32-45(35-43)65-44-27-28-50-53(36-44)64(54-34-41(29-30-61-54)60(4,5)6)56-55-48-23-12-10-21-46(48)47-22-11-13-24-49(47)57(55)66-58(50)56;/h7-34,37H,1-6H3;/q-3;. The molecule has 0 unspecified atom stereocenters. The van der Waals surface area contributed by atoms with Gasteiger partial charge in [-0.05, 0) is 80.1 Å². The van der Waals surface area contributed by atoms with Crippen LogP contribution in [0.2, 0.25) is 0 Å². The summed E-state index contributed by atoms with van der Waals surface area (Å²) in [5.74, 6) is 1.91. The predicted octanol–water partition coefficient (Wildman–Crippen LogP) is 16.3. The summed E-state index contributed by atoms with van der Waals surface area (Å²) in [7, 11) is 0. The van der Waals surface area contributed by atoms with E-state index in [0.717, 1.165) is 88.8 Å². The Labute approximate surface area is 405 Å². The van der Waals surface area contributed by atoms with Crippen LogP contribution in [0.15, 0.2) is 174 Å². The quantitative estimate of drug-likeness (QED) is 0.123. The first kappa shape index (κ1) is 42.5. The van der Waals surface area contributed by atoms with Crippen LogP contribution in [-0.2, 0) is 31.9 Å². The molecular weight excluding hydrogens is 1000 g/mol. The van der Waals surface area contributed by atoms with Gasteiger partial charge in [0.15, 0.2) is 0 Å². The number of ether oxygens (including phenoxy) is 1. The molecule has 0 spiro atoms. The van der Waals surface area contributed by atoms with Crippen molar-refractivity contribution in [1.82, 2.24) is 9.55 Å². The second-order valence-electron chi connectivity index (χ2n) is 19.4. The summed E-state index contributed by atoms with van der Waals surface area (Å²) in [5.41, 5.74) is 11.9. The first-order valence-electron chi connectivity index (χ1n) is 22.6. The van der Waals surface area contributed by atoms with Crippen LogP contribution in [0.25, 0.3) is 71.5 Å². The zero-order chi connectivity index (χ0) is 44.9. The average molecular weight is 1050 g/mol. The Morgan fingerprint density at radius 2 is 1.19 bits per heavy atom. The number of para-hydroxylation sites is 2. The first-order valence-corrected chi connectivity index (χ1v) is 22.6. The minimum Gasteiger partial charge on any atom is -0.509 e. The largest absolute Gasteiger partial charge is 0.509 e. The van der Waals surface area contributed by atoms with E-state index >= 15 is 0 Å². The Bertz CT molecular complexity index is 3710. The van der Waals surface area contributed by atoms with Gasteiger partial charge in [-0.15, -0.1) is 48.3 Å². The molecule has 0 bridgehead atoms. The van der Waals surface area contributed by atoms with E-state index in [1.165, 1.54) is 16.5 Å². The first-order chi connectivity index (χ1) is 32.0. The maximum Gasteiger partial charge on any atom is 0.143 e. The van der Waals surface area contributed by atoms with E-state index in [1.807, 2.05) is 18.3 Å². The monoisotopic (exact) mass is 1050 g/mol. The average Bonchev–Trinajstić information content (AvgIpc) is 4.01. The minimum absolute atomic E-state index is 0. The molecule has 0 fully saturated rings. The van der Waals surface area contributed by atoms with Crippen LogP contribution in [-0.4, -0.2) is 9.55 Å². The summed E-state index contributed by atoms with van der Waals surface area (Å²) in [6, 6.07) is 64.9. The van der Waals surface area contributed by atoms with Crippen molar-refractivity contribution in [3.63, 3.8) is 0 Å². The third-order valence-electron chi connectivity index (χ3n) is 13.0. The third kappa shape index (κ3) is 7.17. The molecule has 0 saturated heterocycles. The molecule has 11 aromatic rings. The smallest absolute Gasteiger partial charge is 0.143 e. The Balaban J connectivity index is 0.00000494. The summed E-state index contributed by atoms with van der Waals surface area (Å²) in [5, 5.41) is 6.50. The molecule has 7 heteroatoms. The van der Waals surface area contributed by atoms with Crippen LogP contribution in [0.3, 0.4) is 0 Å². The second-order valence-corrected chi connectivity index (χ2v) is 19.4. The van der Waals surface area contributed by atoms with Crippen molar-refractivity contribution < 1.29 is 30.2 Å². The number of anilines is 4. The normalized spacial score (nSPS) is 13.0. The molecule has 4 heterocycles. The van der Waals surface area contributed by atoms with Crippen LogP contribution in [0.5, 0.6) is 11.5 Å². The fourth-order valence-electron chi connectivity index (χ4n) is 9.60. The van der Waals surface area contributed by atoms with E-state index in [-0.39, 0.29) is 31.9 Å². The maximum absolute atomic E-state index is 7.05. The van der Waals surface area contributed by atoms with Crippen LogP contribution < -0.4 is 14.5 Å². The van der Waals surface area contributed by atoms with E-state index in [4.69, 9.17) is 14.1 Å². The van der Waals surface area contributed by atoms with Crippen molar-refractivity contribution in [1.29, 1.82) is 0 Å². The van der Waals surface area contributed by atoms with E-state index in [2.05, 4.69) is 226 Å². The molecule has 0 amide bonds. The number of pyridine rings is 1. The predicted molar refractivity (Wildman–Crippen MR) is 272 cm³/mol. The molecule has 0 saturated carbocycles. The van der Waals surface area contributed by atoms with Crippen molar-refractivity contribution in [2.24, 2.45) is 0 Å². The summed E-state index contributed by atoms with van der Waals surface area (Å²) >= 11 is 0. The van der Waals surface area contributed by atoms with Crippen molar-refractivity contribution in [2.45, 2.75) is 52.4 Å². The van der Waals surface area contributed by atoms with Gasteiger partial charge in [0.25, 0.3) is 0 Å². The molecular formula is C60H47N4O2Pt-3. The van der Waals surface area contributed by atoms with Gasteiger partial charge < -0.3 is 23.5 Å². The van der Waals surface area contributed by atoms with E-state index in [0.29, 0.717) is 11.5 Å². The van der Waals surface area contributed by atoms with Crippen LogP contribution >= 0.6 is 0 Å². The molecule has 0 atom stereocenters.